The quantitative estimate of drug-likeness (QED) is 0.511. The van der Waals surface area contributed by atoms with E-state index in [1.54, 1.807) is 30.4 Å². The average molecular weight is 474 g/mol. The molecule has 0 saturated carbocycles. The molecule has 2 aliphatic rings. The highest BCUT2D eigenvalue weighted by molar-refractivity contribution is 6.34. The smallest absolute Gasteiger partial charge is 0.327 e. The maximum atomic E-state index is 13.6. The molecule has 6 nitrogen and oxygen atoms in total. The standard InChI is InChI=1S/C23H19ClF3N5O/c1-12-30-20(17-11-28-8-9-29-17)15-10-13-4-2-7-18(21(15)31-12)32(13)22(33)14-5-3-6-16(19(14)24)23(25,26)27/h3,5-6,8-9,11,13,18H,2,4,7,10H2,1H3/t13-,18+/m0/s1. The molecule has 2 aliphatic heterocycles. The van der Waals surface area contributed by atoms with Crippen LogP contribution < -0.4 is 0 Å². The highest BCUT2D eigenvalue weighted by atomic mass is 35.5. The highest BCUT2D eigenvalue weighted by Crippen LogP contribution is 2.45. The van der Waals surface area contributed by atoms with E-state index in [9.17, 15) is 18.0 Å². The summed E-state index contributed by atoms with van der Waals surface area (Å²) in [6.45, 7) is 1.77. The molecule has 170 valence electrons. The first kappa shape index (κ1) is 21.8. The average Bonchev–Trinajstić information content (AvgIpc) is 2.78. The van der Waals surface area contributed by atoms with Gasteiger partial charge in [-0.3, -0.25) is 14.8 Å². The molecule has 1 amide bonds. The summed E-state index contributed by atoms with van der Waals surface area (Å²) in [6, 6.07) is 2.88. The summed E-state index contributed by atoms with van der Waals surface area (Å²) in [5.41, 5.74) is 1.78. The van der Waals surface area contributed by atoms with Crippen LogP contribution in [0.5, 0.6) is 0 Å². The number of alkyl halides is 3. The van der Waals surface area contributed by atoms with Crippen LogP contribution in [0.15, 0.2) is 36.8 Å². The van der Waals surface area contributed by atoms with Gasteiger partial charge >= 0.3 is 6.18 Å². The van der Waals surface area contributed by atoms with Gasteiger partial charge in [-0.1, -0.05) is 17.7 Å². The van der Waals surface area contributed by atoms with E-state index in [-0.39, 0.29) is 17.6 Å². The third-order valence-electron chi connectivity index (χ3n) is 6.23. The molecular formula is C23H19ClF3N5O. The summed E-state index contributed by atoms with van der Waals surface area (Å²) >= 11 is 6.09. The summed E-state index contributed by atoms with van der Waals surface area (Å²) in [5.74, 6) is 0.0201. The van der Waals surface area contributed by atoms with Crippen LogP contribution in [0.25, 0.3) is 11.4 Å². The predicted molar refractivity (Wildman–Crippen MR) is 115 cm³/mol. The van der Waals surface area contributed by atoms with Crippen LogP contribution in [0.2, 0.25) is 5.02 Å². The number of benzene rings is 1. The zero-order valence-electron chi connectivity index (χ0n) is 17.6. The Morgan fingerprint density at radius 1 is 1.18 bits per heavy atom. The van der Waals surface area contributed by atoms with E-state index in [0.29, 0.717) is 30.1 Å². The van der Waals surface area contributed by atoms with Crippen molar-refractivity contribution in [3.05, 3.63) is 70.0 Å². The number of aromatic nitrogens is 4. The highest BCUT2D eigenvalue weighted by Gasteiger charge is 2.44. The first-order valence-corrected chi connectivity index (χ1v) is 11.0. The minimum atomic E-state index is -4.65. The monoisotopic (exact) mass is 473 g/mol. The van der Waals surface area contributed by atoms with Crippen molar-refractivity contribution in [3.8, 4) is 11.4 Å². The van der Waals surface area contributed by atoms with E-state index < -0.39 is 22.7 Å². The number of carbonyl (C=O) groups excluding carboxylic acids is 1. The van der Waals surface area contributed by atoms with Crippen LogP contribution in [0.4, 0.5) is 13.2 Å². The van der Waals surface area contributed by atoms with E-state index in [0.717, 1.165) is 30.2 Å². The van der Waals surface area contributed by atoms with Crippen molar-refractivity contribution in [1.82, 2.24) is 24.8 Å². The number of fused-ring (bicyclic) bond motifs is 4. The van der Waals surface area contributed by atoms with Crippen molar-refractivity contribution in [2.24, 2.45) is 0 Å². The molecule has 10 heteroatoms. The normalized spacial score (nSPS) is 19.8. The number of hydrogen-bond acceptors (Lipinski definition) is 5. The second-order valence-electron chi connectivity index (χ2n) is 8.26. The van der Waals surface area contributed by atoms with Crippen molar-refractivity contribution in [3.63, 3.8) is 0 Å². The molecule has 2 atom stereocenters. The molecule has 33 heavy (non-hydrogen) atoms. The lowest BCUT2D eigenvalue weighted by molar-refractivity contribution is -0.137. The number of aryl methyl sites for hydroxylation is 1. The lowest BCUT2D eigenvalue weighted by Crippen LogP contribution is -2.50. The Bertz CT molecular complexity index is 1230. The lowest BCUT2D eigenvalue weighted by atomic mass is 9.81. The molecule has 2 bridgehead atoms. The fourth-order valence-electron chi connectivity index (χ4n) is 4.87. The SMILES string of the molecule is Cc1nc(-c2cnccn2)c2c(n1)[C@H]1CCC[C@@H](C2)N1C(=O)c1cccc(C(F)(F)F)c1Cl. The molecule has 0 N–H and O–H groups in total. The number of nitrogens with zero attached hydrogens (tertiary/aromatic N) is 5. The van der Waals surface area contributed by atoms with Crippen LogP contribution in [0, 0.1) is 6.92 Å². The Morgan fingerprint density at radius 2 is 2.00 bits per heavy atom. The third-order valence-corrected chi connectivity index (χ3v) is 6.63. The summed E-state index contributed by atoms with van der Waals surface area (Å²) in [4.78, 5) is 33.0. The Balaban J connectivity index is 1.60. The van der Waals surface area contributed by atoms with E-state index in [4.69, 9.17) is 11.6 Å². The first-order chi connectivity index (χ1) is 15.8. The van der Waals surface area contributed by atoms with Gasteiger partial charge in [0.2, 0.25) is 0 Å². The van der Waals surface area contributed by atoms with Crippen LogP contribution in [-0.2, 0) is 12.6 Å². The summed E-state index contributed by atoms with van der Waals surface area (Å²) < 4.78 is 40.1. The van der Waals surface area contributed by atoms with Gasteiger partial charge in [-0.05, 0) is 44.7 Å². The molecule has 1 aromatic carbocycles. The van der Waals surface area contributed by atoms with Crippen LogP contribution in [0.3, 0.4) is 0 Å². The molecule has 0 spiro atoms. The lowest BCUT2D eigenvalue weighted by Gasteiger charge is -2.46. The molecule has 3 aromatic rings. The minimum absolute atomic E-state index is 0.147. The minimum Gasteiger partial charge on any atom is -0.327 e. The predicted octanol–water partition coefficient (Wildman–Crippen LogP) is 5.21. The molecule has 0 aliphatic carbocycles. The maximum absolute atomic E-state index is 13.6. The molecule has 5 rings (SSSR count). The molecule has 2 aromatic heterocycles. The Kier molecular flexibility index (Phi) is 5.31. The van der Waals surface area contributed by atoms with Crippen molar-refractivity contribution in [1.29, 1.82) is 0 Å². The van der Waals surface area contributed by atoms with Gasteiger partial charge in [0.1, 0.15) is 11.5 Å². The Labute approximate surface area is 192 Å². The third kappa shape index (κ3) is 3.74. The fraction of sp³-hybridized carbons (Fsp3) is 0.348. The van der Waals surface area contributed by atoms with Gasteiger partial charge in [0.15, 0.2) is 0 Å². The second-order valence-corrected chi connectivity index (χ2v) is 8.63. The van der Waals surface area contributed by atoms with Crippen LogP contribution in [-0.4, -0.2) is 36.8 Å². The summed E-state index contributed by atoms with van der Waals surface area (Å²) in [7, 11) is 0. The van der Waals surface area contributed by atoms with Gasteiger partial charge < -0.3 is 4.90 Å². The van der Waals surface area contributed by atoms with E-state index in [1.165, 1.54) is 12.1 Å². The van der Waals surface area contributed by atoms with Crippen molar-refractivity contribution in [2.45, 2.75) is 50.9 Å². The first-order valence-electron chi connectivity index (χ1n) is 10.6. The van der Waals surface area contributed by atoms with Crippen molar-refractivity contribution in [2.75, 3.05) is 0 Å². The fourth-order valence-corrected chi connectivity index (χ4v) is 5.19. The van der Waals surface area contributed by atoms with Gasteiger partial charge in [-0.25, -0.2) is 9.97 Å². The molecule has 0 radical (unpaired) electrons. The summed E-state index contributed by atoms with van der Waals surface area (Å²) in [6.07, 6.45) is 2.92. The molecule has 4 heterocycles. The zero-order chi connectivity index (χ0) is 23.3. The van der Waals surface area contributed by atoms with Crippen LogP contribution >= 0.6 is 11.6 Å². The Hall–Kier alpha value is -3.07. The van der Waals surface area contributed by atoms with Crippen molar-refractivity contribution < 1.29 is 18.0 Å². The van der Waals surface area contributed by atoms with E-state index in [2.05, 4.69) is 19.9 Å². The zero-order valence-corrected chi connectivity index (χ0v) is 18.4. The number of amides is 1. The van der Waals surface area contributed by atoms with E-state index >= 15 is 0 Å². The number of rotatable bonds is 2. The molecule has 0 unspecified atom stereocenters. The number of halogens is 4. The largest absolute Gasteiger partial charge is 0.417 e. The molecule has 1 saturated heterocycles. The number of hydrogen-bond donors (Lipinski definition) is 0. The van der Waals surface area contributed by atoms with Gasteiger partial charge in [0, 0.05) is 24.0 Å². The number of carbonyl (C=O) groups is 1. The van der Waals surface area contributed by atoms with E-state index in [1.807, 2.05) is 0 Å². The molecule has 1 fully saturated rings. The Morgan fingerprint density at radius 3 is 2.73 bits per heavy atom. The van der Waals surface area contributed by atoms with Gasteiger partial charge in [0.05, 0.1) is 39.8 Å². The van der Waals surface area contributed by atoms with Crippen LogP contribution in [0.1, 0.15) is 58.3 Å². The van der Waals surface area contributed by atoms with Gasteiger partial charge in [-0.2, -0.15) is 13.2 Å². The maximum Gasteiger partial charge on any atom is 0.417 e. The summed E-state index contributed by atoms with van der Waals surface area (Å²) in [5, 5.41) is -0.571. The number of piperidine rings is 1. The van der Waals surface area contributed by atoms with Gasteiger partial charge in [0.25, 0.3) is 5.91 Å². The van der Waals surface area contributed by atoms with Crippen molar-refractivity contribution >= 4 is 17.5 Å². The van der Waals surface area contributed by atoms with Gasteiger partial charge in [-0.15, -0.1) is 0 Å². The second kappa shape index (κ2) is 8.06. The molecular weight excluding hydrogens is 455 g/mol. The topological polar surface area (TPSA) is 71.9 Å².